The predicted molar refractivity (Wildman–Crippen MR) is 162 cm³/mol. The molecule has 3 aromatic heterocycles. The Bertz CT molecular complexity index is 1880. The van der Waals surface area contributed by atoms with Crippen molar-refractivity contribution in [3.05, 3.63) is 92.3 Å². The summed E-state index contributed by atoms with van der Waals surface area (Å²) in [7, 11) is 3.24. The highest BCUT2D eigenvalue weighted by Crippen LogP contribution is 2.34. The number of amides is 1. The van der Waals surface area contributed by atoms with Gasteiger partial charge in [-0.05, 0) is 42.2 Å². The number of nitrogens with one attached hydrogen (secondary N) is 1. The summed E-state index contributed by atoms with van der Waals surface area (Å²) < 4.78 is 15.9. The van der Waals surface area contributed by atoms with E-state index in [4.69, 9.17) is 15.2 Å². The molecule has 224 valence electrons. The molecule has 2 aromatic carbocycles. The van der Waals surface area contributed by atoms with Crippen molar-refractivity contribution in [1.82, 2.24) is 28.9 Å². The van der Waals surface area contributed by atoms with E-state index in [9.17, 15) is 14.4 Å². The van der Waals surface area contributed by atoms with E-state index >= 15 is 0 Å². The second-order valence-electron chi connectivity index (χ2n) is 10.3. The second kappa shape index (κ2) is 12.4. The van der Waals surface area contributed by atoms with Crippen LogP contribution in [0.5, 0.6) is 11.5 Å². The normalized spacial score (nSPS) is 12.0. The number of rotatable bonds is 12. The Morgan fingerprint density at radius 2 is 1.72 bits per heavy atom. The van der Waals surface area contributed by atoms with Gasteiger partial charge in [0, 0.05) is 20.1 Å². The number of primary amides is 1. The van der Waals surface area contributed by atoms with Crippen LogP contribution in [0.4, 0.5) is 0 Å². The number of carbonyl (C=O) groups is 1. The fourth-order valence-corrected chi connectivity index (χ4v) is 5.19. The fourth-order valence-electron chi connectivity index (χ4n) is 5.19. The molecule has 12 heteroatoms. The van der Waals surface area contributed by atoms with E-state index in [0.29, 0.717) is 66.8 Å². The number of imidazole rings is 1. The molecule has 1 atom stereocenters. The van der Waals surface area contributed by atoms with Gasteiger partial charge >= 0.3 is 5.69 Å². The lowest BCUT2D eigenvalue weighted by Crippen LogP contribution is -2.40. The van der Waals surface area contributed by atoms with E-state index in [1.54, 1.807) is 36.0 Å². The van der Waals surface area contributed by atoms with Crippen LogP contribution in [-0.2, 0) is 31.5 Å². The van der Waals surface area contributed by atoms with Crippen LogP contribution in [-0.4, -0.2) is 41.9 Å². The molecule has 12 nitrogen and oxygen atoms in total. The maximum absolute atomic E-state index is 13.2. The zero-order valence-corrected chi connectivity index (χ0v) is 24.7. The Balaban J connectivity index is 1.52. The number of carbonyl (C=O) groups excluding carboxylic acids is 1. The van der Waals surface area contributed by atoms with E-state index < -0.39 is 17.4 Å². The van der Waals surface area contributed by atoms with Crippen LogP contribution in [0.25, 0.3) is 22.7 Å². The van der Waals surface area contributed by atoms with Gasteiger partial charge in [-0.2, -0.15) is 5.10 Å². The van der Waals surface area contributed by atoms with Crippen molar-refractivity contribution >= 4 is 17.1 Å². The first-order valence-corrected chi connectivity index (χ1v) is 14.2. The van der Waals surface area contributed by atoms with E-state index in [0.717, 1.165) is 5.56 Å². The zero-order valence-electron chi connectivity index (χ0n) is 24.7. The molecule has 0 aliphatic rings. The molecule has 0 aliphatic heterocycles. The van der Waals surface area contributed by atoms with E-state index in [1.807, 2.05) is 44.2 Å². The third-order valence-corrected chi connectivity index (χ3v) is 7.24. The highest BCUT2D eigenvalue weighted by atomic mass is 16.5. The third-order valence-electron chi connectivity index (χ3n) is 7.24. The predicted octanol–water partition coefficient (Wildman–Crippen LogP) is 3.31. The molecule has 0 spiro atoms. The maximum Gasteiger partial charge on any atom is 0.332 e. The van der Waals surface area contributed by atoms with Crippen molar-refractivity contribution in [2.45, 2.75) is 52.3 Å². The number of aromatic nitrogens is 6. The molecule has 5 aromatic rings. The number of aromatic amines is 1. The zero-order chi connectivity index (χ0) is 30.7. The molecule has 0 fully saturated rings. The Morgan fingerprint density at radius 1 is 1.00 bits per heavy atom. The highest BCUT2D eigenvalue weighted by Gasteiger charge is 2.27. The van der Waals surface area contributed by atoms with Crippen LogP contribution < -0.4 is 26.5 Å². The van der Waals surface area contributed by atoms with Crippen LogP contribution in [0, 0.1) is 0 Å². The van der Waals surface area contributed by atoms with E-state index in [-0.39, 0.29) is 16.9 Å². The summed E-state index contributed by atoms with van der Waals surface area (Å²) in [6.45, 7) is 4.94. The van der Waals surface area contributed by atoms with Crippen LogP contribution in [0.15, 0.2) is 64.2 Å². The van der Waals surface area contributed by atoms with Crippen LogP contribution in [0.2, 0.25) is 0 Å². The number of hydrogen-bond donors (Lipinski definition) is 2. The molecule has 1 unspecified atom stereocenters. The molecule has 1 amide bonds. The molecule has 3 N–H and O–H groups in total. The smallest absolute Gasteiger partial charge is 0.332 e. The van der Waals surface area contributed by atoms with Gasteiger partial charge in [0.15, 0.2) is 23.0 Å². The number of nitrogens with two attached hydrogens (primary N) is 1. The monoisotopic (exact) mass is 585 g/mol. The number of ether oxygens (including phenoxy) is 2. The number of benzene rings is 2. The molecular weight excluding hydrogens is 550 g/mol. The summed E-state index contributed by atoms with van der Waals surface area (Å²) in [5.74, 6) is -0.188. The van der Waals surface area contributed by atoms with Crippen molar-refractivity contribution in [1.29, 1.82) is 0 Å². The molecular formula is C31H35N7O5. The minimum Gasteiger partial charge on any atom is -0.493 e. The summed E-state index contributed by atoms with van der Waals surface area (Å²) in [6.07, 6.45) is 1.33. The average molecular weight is 586 g/mol. The first kappa shape index (κ1) is 29.4. The maximum atomic E-state index is 13.2. The van der Waals surface area contributed by atoms with Crippen molar-refractivity contribution in [2.75, 3.05) is 7.11 Å². The molecule has 0 saturated heterocycles. The lowest BCUT2D eigenvalue weighted by Gasteiger charge is -2.16. The fraction of sp³-hybridized carbons (Fsp3) is 0.323. The van der Waals surface area contributed by atoms with Crippen LogP contribution >= 0.6 is 0 Å². The molecule has 0 saturated carbocycles. The lowest BCUT2D eigenvalue weighted by atomic mass is 9.94. The van der Waals surface area contributed by atoms with Gasteiger partial charge in [-0.25, -0.2) is 9.78 Å². The summed E-state index contributed by atoms with van der Waals surface area (Å²) >= 11 is 0. The van der Waals surface area contributed by atoms with Crippen LogP contribution in [0.3, 0.4) is 0 Å². The van der Waals surface area contributed by atoms with E-state index in [2.05, 4.69) is 15.1 Å². The Morgan fingerprint density at radius 3 is 2.40 bits per heavy atom. The van der Waals surface area contributed by atoms with Gasteiger partial charge in [-0.15, -0.1) is 0 Å². The number of nitrogens with zero attached hydrogens (tertiary/aromatic N) is 5. The Kier molecular flexibility index (Phi) is 8.46. The van der Waals surface area contributed by atoms with Gasteiger partial charge in [-0.3, -0.25) is 23.4 Å². The van der Waals surface area contributed by atoms with Gasteiger partial charge in [0.25, 0.3) is 5.56 Å². The molecule has 0 aliphatic carbocycles. The highest BCUT2D eigenvalue weighted by molar-refractivity contribution is 5.86. The molecule has 5 rings (SSSR count). The van der Waals surface area contributed by atoms with Gasteiger partial charge in [0.2, 0.25) is 5.91 Å². The Hall–Kier alpha value is -5.13. The number of methoxy groups -OCH3 is 1. The third kappa shape index (κ3) is 5.68. The van der Waals surface area contributed by atoms with Crippen molar-refractivity contribution in [2.24, 2.45) is 12.8 Å². The van der Waals surface area contributed by atoms with Gasteiger partial charge < -0.3 is 20.2 Å². The summed E-state index contributed by atoms with van der Waals surface area (Å²) in [4.78, 5) is 46.8. The lowest BCUT2D eigenvalue weighted by molar-refractivity contribution is -0.118. The van der Waals surface area contributed by atoms with Gasteiger partial charge in [0.05, 0.1) is 12.8 Å². The summed E-state index contributed by atoms with van der Waals surface area (Å²) in [6, 6.07) is 16.7. The molecule has 3 heterocycles. The molecule has 43 heavy (non-hydrogen) atoms. The average Bonchev–Trinajstić information content (AvgIpc) is 3.61. The summed E-state index contributed by atoms with van der Waals surface area (Å²) in [5, 5.41) is 4.59. The molecule has 0 bridgehead atoms. The SMILES string of the molecule is CCCn1c(=O)c2[nH]c(-c3cc(C(C(N)=O)c4ccc(OCc5ccccc5)c(OC)c4)nn3C)nc2n(CCC)c1=O. The first-order chi connectivity index (χ1) is 20.8. The largest absolute Gasteiger partial charge is 0.493 e. The minimum absolute atomic E-state index is 0.238. The quantitative estimate of drug-likeness (QED) is 0.228. The summed E-state index contributed by atoms with van der Waals surface area (Å²) in [5.41, 5.74) is 8.09. The Labute approximate surface area is 247 Å². The van der Waals surface area contributed by atoms with Gasteiger partial charge in [-0.1, -0.05) is 50.2 Å². The number of H-pyrrole nitrogens is 1. The van der Waals surface area contributed by atoms with Crippen molar-refractivity contribution in [3.63, 3.8) is 0 Å². The number of aryl methyl sites for hydroxylation is 2. The number of fused-ring (bicyclic) bond motifs is 1. The standard InChI is InChI=1S/C31H35N7O5/c1-5-14-37-29-26(30(40)38(15-6-2)31(37)41)33-28(34-29)22-17-21(35-36(22)3)25(27(32)39)20-12-13-23(24(16-20)42-4)43-18-19-10-8-7-9-11-19/h7-13,16-17,25H,5-6,14-15,18H2,1-4H3,(H2,32,39)(H,33,34). The van der Waals surface area contributed by atoms with Crippen LogP contribution in [0.1, 0.15) is 49.4 Å². The van der Waals surface area contributed by atoms with Crippen molar-refractivity contribution in [3.8, 4) is 23.0 Å². The number of hydrogen-bond acceptors (Lipinski definition) is 7. The first-order valence-electron chi connectivity index (χ1n) is 14.2. The van der Waals surface area contributed by atoms with E-state index in [1.165, 1.54) is 16.2 Å². The minimum atomic E-state index is -0.901. The topological polar surface area (TPSA) is 152 Å². The second-order valence-corrected chi connectivity index (χ2v) is 10.3. The van der Waals surface area contributed by atoms with Crippen molar-refractivity contribution < 1.29 is 14.3 Å². The van der Waals surface area contributed by atoms with Gasteiger partial charge in [0.1, 0.15) is 23.7 Å². The molecule has 0 radical (unpaired) electrons.